The minimum atomic E-state index is -3.86. The zero-order valence-corrected chi connectivity index (χ0v) is 12.0. The maximum Gasteiger partial charge on any atom is 0.318 e. The van der Waals surface area contributed by atoms with E-state index >= 15 is 0 Å². The Kier molecular flexibility index (Phi) is 5.72. The summed E-state index contributed by atoms with van der Waals surface area (Å²) in [7, 11) is -3.86. The van der Waals surface area contributed by atoms with Crippen LogP contribution in [0.15, 0.2) is 41.8 Å². The highest BCUT2D eigenvalue weighted by Gasteiger charge is 2.25. The second-order valence-corrected chi connectivity index (χ2v) is 5.82. The maximum absolute atomic E-state index is 12.3. The molecule has 0 aliphatic carbocycles. The number of nitrogens with zero attached hydrogens (tertiary/aromatic N) is 1. The molecule has 0 heterocycles. The zero-order valence-electron chi connectivity index (χ0n) is 11.2. The Morgan fingerprint density at radius 3 is 2.45 bits per heavy atom. The van der Waals surface area contributed by atoms with Crippen LogP contribution in [0.5, 0.6) is 5.75 Å². The van der Waals surface area contributed by atoms with Crippen LogP contribution in [-0.2, 0) is 14.8 Å². The normalized spacial score (nSPS) is 11.3. The first-order valence-electron chi connectivity index (χ1n) is 5.97. The van der Waals surface area contributed by atoms with E-state index in [9.17, 15) is 13.2 Å². The lowest BCUT2D eigenvalue weighted by atomic mass is 10.3. The van der Waals surface area contributed by atoms with Gasteiger partial charge < -0.3 is 9.84 Å². The monoisotopic (exact) mass is 299 g/mol. The molecular formula is C13H17NO5S. The van der Waals surface area contributed by atoms with Gasteiger partial charge in [0, 0.05) is 6.54 Å². The largest absolute Gasteiger partial charge is 0.494 e. The third kappa shape index (κ3) is 4.07. The number of hydrogen-bond donors (Lipinski definition) is 1. The molecule has 0 spiro atoms. The van der Waals surface area contributed by atoms with E-state index in [1.807, 2.05) is 6.92 Å². The smallest absolute Gasteiger partial charge is 0.318 e. The number of benzene rings is 1. The molecule has 0 amide bonds. The van der Waals surface area contributed by atoms with Crippen molar-refractivity contribution < 1.29 is 23.1 Å². The molecule has 7 heteroatoms. The molecule has 1 aromatic carbocycles. The van der Waals surface area contributed by atoms with Gasteiger partial charge in [-0.25, -0.2) is 8.42 Å². The topological polar surface area (TPSA) is 83.9 Å². The van der Waals surface area contributed by atoms with Gasteiger partial charge >= 0.3 is 5.97 Å². The third-order valence-corrected chi connectivity index (χ3v) is 4.24. The average molecular weight is 299 g/mol. The summed E-state index contributed by atoms with van der Waals surface area (Å²) < 4.78 is 30.7. The fourth-order valence-corrected chi connectivity index (χ4v) is 2.93. The van der Waals surface area contributed by atoms with Gasteiger partial charge in [0.2, 0.25) is 10.0 Å². The maximum atomic E-state index is 12.3. The molecule has 1 rings (SSSR count). The summed E-state index contributed by atoms with van der Waals surface area (Å²) >= 11 is 0. The van der Waals surface area contributed by atoms with Crippen molar-refractivity contribution >= 4 is 16.0 Å². The summed E-state index contributed by atoms with van der Waals surface area (Å²) in [6.45, 7) is 5.06. The van der Waals surface area contributed by atoms with Crippen LogP contribution in [0, 0.1) is 0 Å². The van der Waals surface area contributed by atoms with Crippen LogP contribution in [0.3, 0.4) is 0 Å². The number of rotatable bonds is 8. The lowest BCUT2D eigenvalue weighted by molar-refractivity contribution is -0.137. The quantitative estimate of drug-likeness (QED) is 0.732. The van der Waals surface area contributed by atoms with Gasteiger partial charge in [0.1, 0.15) is 12.3 Å². The van der Waals surface area contributed by atoms with Crippen LogP contribution < -0.4 is 4.74 Å². The predicted molar refractivity (Wildman–Crippen MR) is 74.2 cm³/mol. The van der Waals surface area contributed by atoms with E-state index in [1.54, 1.807) is 0 Å². The molecule has 0 fully saturated rings. The van der Waals surface area contributed by atoms with Crippen LogP contribution in [0.2, 0.25) is 0 Å². The van der Waals surface area contributed by atoms with Crippen molar-refractivity contribution in [3.63, 3.8) is 0 Å². The van der Waals surface area contributed by atoms with Gasteiger partial charge in [-0.3, -0.25) is 4.79 Å². The highest BCUT2D eigenvalue weighted by atomic mass is 32.2. The molecular weight excluding hydrogens is 282 g/mol. The van der Waals surface area contributed by atoms with Crippen LogP contribution >= 0.6 is 0 Å². The van der Waals surface area contributed by atoms with E-state index in [-0.39, 0.29) is 11.4 Å². The molecule has 0 atom stereocenters. The molecule has 20 heavy (non-hydrogen) atoms. The molecule has 0 unspecified atom stereocenters. The molecule has 0 saturated carbocycles. The summed E-state index contributed by atoms with van der Waals surface area (Å²) in [6.07, 6.45) is 1.34. The first-order valence-corrected chi connectivity index (χ1v) is 7.41. The van der Waals surface area contributed by atoms with Gasteiger partial charge in [0.15, 0.2) is 0 Å². The van der Waals surface area contributed by atoms with E-state index in [1.165, 1.54) is 30.3 Å². The summed E-state index contributed by atoms with van der Waals surface area (Å²) in [5.74, 6) is -0.665. The van der Waals surface area contributed by atoms with Crippen molar-refractivity contribution in [2.75, 3.05) is 19.7 Å². The number of carbonyl (C=O) groups is 1. The SMILES string of the molecule is C=CCN(CC(=O)O)S(=O)(=O)c1ccc(OCC)cc1. The molecule has 6 nitrogen and oxygen atoms in total. The average Bonchev–Trinajstić information content (AvgIpc) is 2.39. The summed E-state index contributed by atoms with van der Waals surface area (Å²) in [5, 5.41) is 8.77. The van der Waals surface area contributed by atoms with Gasteiger partial charge in [-0.2, -0.15) is 4.31 Å². The third-order valence-electron chi connectivity index (χ3n) is 2.42. The van der Waals surface area contributed by atoms with Crippen molar-refractivity contribution in [3.05, 3.63) is 36.9 Å². The van der Waals surface area contributed by atoms with Gasteiger partial charge in [-0.15, -0.1) is 6.58 Å². The number of sulfonamides is 1. The number of ether oxygens (including phenoxy) is 1. The Balaban J connectivity index is 3.05. The number of aliphatic carboxylic acids is 1. The van der Waals surface area contributed by atoms with Crippen molar-refractivity contribution in [3.8, 4) is 5.75 Å². The van der Waals surface area contributed by atoms with Crippen molar-refractivity contribution in [1.29, 1.82) is 0 Å². The van der Waals surface area contributed by atoms with Crippen molar-refractivity contribution in [1.82, 2.24) is 4.31 Å². The number of carboxylic acids is 1. The van der Waals surface area contributed by atoms with E-state index in [4.69, 9.17) is 9.84 Å². The minimum Gasteiger partial charge on any atom is -0.494 e. The Bertz CT molecular complexity index is 565. The molecule has 0 aliphatic heterocycles. The Labute approximate surface area is 118 Å². The summed E-state index contributed by atoms with van der Waals surface area (Å²) in [5.41, 5.74) is 0. The van der Waals surface area contributed by atoms with Gasteiger partial charge in [0.25, 0.3) is 0 Å². The van der Waals surface area contributed by atoms with Crippen LogP contribution in [0.1, 0.15) is 6.92 Å². The predicted octanol–water partition coefficient (Wildman–Crippen LogP) is 1.35. The van der Waals surface area contributed by atoms with Gasteiger partial charge in [-0.05, 0) is 31.2 Å². The lowest BCUT2D eigenvalue weighted by Crippen LogP contribution is -2.35. The number of hydrogen-bond acceptors (Lipinski definition) is 4. The Morgan fingerprint density at radius 2 is 2.00 bits per heavy atom. The van der Waals surface area contributed by atoms with Crippen LogP contribution in [-0.4, -0.2) is 43.5 Å². The molecule has 0 radical (unpaired) electrons. The van der Waals surface area contributed by atoms with Crippen molar-refractivity contribution in [2.45, 2.75) is 11.8 Å². The molecule has 0 aliphatic rings. The second kappa shape index (κ2) is 7.06. The van der Waals surface area contributed by atoms with Crippen LogP contribution in [0.25, 0.3) is 0 Å². The Morgan fingerprint density at radius 1 is 1.40 bits per heavy atom. The minimum absolute atomic E-state index is 0.0176. The highest BCUT2D eigenvalue weighted by molar-refractivity contribution is 7.89. The standard InChI is InChI=1S/C13H17NO5S/c1-3-9-14(10-13(15)16)20(17,18)12-7-5-11(6-8-12)19-4-2/h3,5-8H,1,4,9-10H2,2H3,(H,15,16). The van der Waals surface area contributed by atoms with E-state index in [0.717, 1.165) is 4.31 Å². The van der Waals surface area contributed by atoms with Crippen molar-refractivity contribution in [2.24, 2.45) is 0 Å². The second-order valence-electron chi connectivity index (χ2n) is 3.88. The van der Waals surface area contributed by atoms with E-state index in [2.05, 4.69) is 6.58 Å². The van der Waals surface area contributed by atoms with Gasteiger partial charge in [0.05, 0.1) is 11.5 Å². The van der Waals surface area contributed by atoms with E-state index in [0.29, 0.717) is 12.4 Å². The fourth-order valence-electron chi connectivity index (χ4n) is 1.57. The highest BCUT2D eigenvalue weighted by Crippen LogP contribution is 2.19. The zero-order chi connectivity index (χ0) is 15.2. The molecule has 110 valence electrons. The van der Waals surface area contributed by atoms with Crippen LogP contribution in [0.4, 0.5) is 0 Å². The van der Waals surface area contributed by atoms with E-state index < -0.39 is 22.5 Å². The molecule has 1 aromatic rings. The fraction of sp³-hybridized carbons (Fsp3) is 0.308. The summed E-state index contributed by atoms with van der Waals surface area (Å²) in [4.78, 5) is 10.8. The molecule has 0 bridgehead atoms. The molecule has 0 aromatic heterocycles. The number of carboxylic acid groups (broad SMARTS) is 1. The van der Waals surface area contributed by atoms with Gasteiger partial charge in [-0.1, -0.05) is 6.08 Å². The first-order chi connectivity index (χ1) is 9.41. The first kappa shape index (κ1) is 16.2. The molecule has 1 N–H and O–H groups in total. The molecule has 0 saturated heterocycles. The lowest BCUT2D eigenvalue weighted by Gasteiger charge is -2.18. The Hall–Kier alpha value is -1.86. The summed E-state index contributed by atoms with van der Waals surface area (Å²) in [6, 6.07) is 5.84.